The van der Waals surface area contributed by atoms with Crippen LogP contribution < -0.4 is 10.6 Å². The Balaban J connectivity index is 1.41. The normalized spacial score (nSPS) is 10.5. The van der Waals surface area contributed by atoms with Gasteiger partial charge in [0, 0.05) is 5.69 Å². The van der Waals surface area contributed by atoms with Gasteiger partial charge in [-0.15, -0.1) is 5.10 Å². The van der Waals surface area contributed by atoms with Gasteiger partial charge in [-0.3, -0.25) is 9.59 Å². The first-order chi connectivity index (χ1) is 15.6. The number of carbonyl (C=O) groups is 2. The number of hydrogen-bond acceptors (Lipinski definition) is 6. The third-order valence-corrected chi connectivity index (χ3v) is 5.24. The van der Waals surface area contributed by atoms with Crippen molar-refractivity contribution in [3.63, 3.8) is 0 Å². The molecule has 1 aromatic heterocycles. The molecule has 0 aliphatic heterocycles. The molecule has 0 radical (unpaired) electrons. The molecule has 0 aliphatic carbocycles. The Morgan fingerprint density at radius 2 is 1.62 bits per heavy atom. The second kappa shape index (κ2) is 9.84. The standard InChI is InChI=1S/C22H17FN6O2S/c23-15-10-12-16(13-11-15)24-21(31)18-8-4-5-9-19(18)25-20(30)14-32-22-26-27-28-29(22)17-6-2-1-3-7-17/h1-13H,14H2,(H,24,31)(H,25,30). The van der Waals surface area contributed by atoms with Crippen molar-refractivity contribution in [2.45, 2.75) is 5.16 Å². The summed E-state index contributed by atoms with van der Waals surface area (Å²) >= 11 is 1.17. The quantitative estimate of drug-likeness (QED) is 0.417. The van der Waals surface area contributed by atoms with Crippen LogP contribution in [0.5, 0.6) is 0 Å². The van der Waals surface area contributed by atoms with E-state index in [1.165, 1.54) is 36.0 Å². The highest BCUT2D eigenvalue weighted by Gasteiger charge is 2.15. The molecule has 0 fully saturated rings. The predicted molar refractivity (Wildman–Crippen MR) is 119 cm³/mol. The highest BCUT2D eigenvalue weighted by Crippen LogP contribution is 2.21. The molecular formula is C22H17FN6O2S. The van der Waals surface area contributed by atoms with Crippen LogP contribution in [0.2, 0.25) is 0 Å². The molecule has 32 heavy (non-hydrogen) atoms. The second-order valence-corrected chi connectivity index (χ2v) is 7.49. The van der Waals surface area contributed by atoms with Crippen molar-refractivity contribution < 1.29 is 14.0 Å². The Morgan fingerprint density at radius 3 is 2.41 bits per heavy atom. The van der Waals surface area contributed by atoms with Gasteiger partial charge < -0.3 is 10.6 Å². The first-order valence-corrected chi connectivity index (χ1v) is 10.5. The molecule has 10 heteroatoms. The van der Waals surface area contributed by atoms with Crippen LogP contribution in [0.15, 0.2) is 84.0 Å². The van der Waals surface area contributed by atoms with Gasteiger partial charge in [0.2, 0.25) is 11.1 Å². The van der Waals surface area contributed by atoms with E-state index in [9.17, 15) is 14.0 Å². The van der Waals surface area contributed by atoms with Crippen molar-refractivity contribution >= 4 is 35.0 Å². The van der Waals surface area contributed by atoms with Crippen LogP contribution in [0.4, 0.5) is 15.8 Å². The molecule has 0 spiro atoms. The first-order valence-electron chi connectivity index (χ1n) is 9.52. The van der Waals surface area contributed by atoms with E-state index < -0.39 is 11.7 Å². The van der Waals surface area contributed by atoms with E-state index in [1.807, 2.05) is 30.3 Å². The fraction of sp³-hybridized carbons (Fsp3) is 0.0455. The molecule has 4 aromatic rings. The molecule has 0 bridgehead atoms. The van der Waals surface area contributed by atoms with Gasteiger partial charge in [0.05, 0.1) is 22.7 Å². The van der Waals surface area contributed by atoms with Crippen molar-refractivity contribution in [1.29, 1.82) is 0 Å². The number of nitrogens with zero attached hydrogens (tertiary/aromatic N) is 4. The Morgan fingerprint density at radius 1 is 0.906 bits per heavy atom. The summed E-state index contributed by atoms with van der Waals surface area (Å²) in [6.45, 7) is 0. The van der Waals surface area contributed by atoms with Crippen LogP contribution in [0.1, 0.15) is 10.4 Å². The fourth-order valence-corrected chi connectivity index (χ4v) is 3.53. The summed E-state index contributed by atoms with van der Waals surface area (Å²) in [5, 5.41) is 17.5. The third-order valence-electron chi connectivity index (χ3n) is 4.32. The minimum Gasteiger partial charge on any atom is -0.325 e. The number of para-hydroxylation sites is 2. The van der Waals surface area contributed by atoms with Gasteiger partial charge in [-0.2, -0.15) is 4.68 Å². The average molecular weight is 448 g/mol. The van der Waals surface area contributed by atoms with Gasteiger partial charge in [0.15, 0.2) is 0 Å². The minimum atomic E-state index is -0.423. The number of halogens is 1. The molecule has 1 heterocycles. The molecular weight excluding hydrogens is 431 g/mol. The summed E-state index contributed by atoms with van der Waals surface area (Å²) in [6.07, 6.45) is 0. The highest BCUT2D eigenvalue weighted by atomic mass is 32.2. The SMILES string of the molecule is O=C(CSc1nnnn1-c1ccccc1)Nc1ccccc1C(=O)Nc1ccc(F)cc1. The smallest absolute Gasteiger partial charge is 0.257 e. The van der Waals surface area contributed by atoms with Gasteiger partial charge in [-0.1, -0.05) is 42.1 Å². The van der Waals surface area contributed by atoms with Gasteiger partial charge in [-0.05, 0) is 59.0 Å². The fourth-order valence-electron chi connectivity index (χ4n) is 2.84. The summed E-state index contributed by atoms with van der Waals surface area (Å²) in [5.41, 5.74) is 1.87. The van der Waals surface area contributed by atoms with E-state index in [0.717, 1.165) is 5.69 Å². The zero-order chi connectivity index (χ0) is 22.3. The molecule has 160 valence electrons. The molecule has 0 aliphatic rings. The molecule has 4 rings (SSSR count). The Kier molecular flexibility index (Phi) is 6.52. The molecule has 2 N–H and O–H groups in total. The molecule has 0 saturated heterocycles. The maximum absolute atomic E-state index is 13.1. The Bertz CT molecular complexity index is 1230. The number of amides is 2. The lowest BCUT2D eigenvalue weighted by molar-refractivity contribution is -0.113. The van der Waals surface area contributed by atoms with Crippen molar-refractivity contribution in [3.05, 3.63) is 90.2 Å². The van der Waals surface area contributed by atoms with E-state index in [1.54, 1.807) is 28.9 Å². The topological polar surface area (TPSA) is 102 Å². The number of tetrazole rings is 1. The maximum Gasteiger partial charge on any atom is 0.257 e. The van der Waals surface area contributed by atoms with Crippen molar-refractivity contribution in [2.75, 3.05) is 16.4 Å². The monoisotopic (exact) mass is 448 g/mol. The third kappa shape index (κ3) is 5.16. The zero-order valence-corrected chi connectivity index (χ0v) is 17.4. The lowest BCUT2D eigenvalue weighted by Crippen LogP contribution is -2.19. The number of thioether (sulfide) groups is 1. The number of hydrogen-bond donors (Lipinski definition) is 2. The Hall–Kier alpha value is -4.05. The van der Waals surface area contributed by atoms with Gasteiger partial charge in [0.25, 0.3) is 5.91 Å². The summed E-state index contributed by atoms with van der Waals surface area (Å²) in [5.74, 6) is -1.10. The summed E-state index contributed by atoms with van der Waals surface area (Å²) in [6, 6.07) is 21.4. The maximum atomic E-state index is 13.1. The van der Waals surface area contributed by atoms with Crippen LogP contribution in [-0.4, -0.2) is 37.8 Å². The number of carbonyl (C=O) groups excluding carboxylic acids is 2. The number of rotatable bonds is 7. The van der Waals surface area contributed by atoms with Gasteiger partial charge >= 0.3 is 0 Å². The number of nitrogens with one attached hydrogen (secondary N) is 2. The van der Waals surface area contributed by atoms with Crippen LogP contribution in [0, 0.1) is 5.82 Å². The van der Waals surface area contributed by atoms with E-state index in [-0.39, 0.29) is 17.2 Å². The van der Waals surface area contributed by atoms with Gasteiger partial charge in [0.1, 0.15) is 5.82 Å². The van der Waals surface area contributed by atoms with Crippen LogP contribution in [0.25, 0.3) is 5.69 Å². The van der Waals surface area contributed by atoms with Crippen molar-refractivity contribution in [3.8, 4) is 5.69 Å². The number of anilines is 2. The largest absolute Gasteiger partial charge is 0.325 e. The summed E-state index contributed by atoms with van der Waals surface area (Å²) in [7, 11) is 0. The molecule has 0 unspecified atom stereocenters. The van der Waals surface area contributed by atoms with Crippen molar-refractivity contribution in [2.24, 2.45) is 0 Å². The van der Waals surface area contributed by atoms with Gasteiger partial charge in [-0.25, -0.2) is 4.39 Å². The molecule has 0 atom stereocenters. The molecule has 3 aromatic carbocycles. The van der Waals surface area contributed by atoms with Crippen LogP contribution in [0.3, 0.4) is 0 Å². The van der Waals surface area contributed by atoms with E-state index in [2.05, 4.69) is 26.2 Å². The van der Waals surface area contributed by atoms with Crippen molar-refractivity contribution in [1.82, 2.24) is 20.2 Å². The summed E-state index contributed by atoms with van der Waals surface area (Å²) < 4.78 is 14.6. The summed E-state index contributed by atoms with van der Waals surface area (Å²) in [4.78, 5) is 25.2. The minimum absolute atomic E-state index is 0.0428. The van der Waals surface area contributed by atoms with E-state index in [4.69, 9.17) is 0 Å². The zero-order valence-electron chi connectivity index (χ0n) is 16.6. The predicted octanol–water partition coefficient (Wildman–Crippen LogP) is 3.78. The average Bonchev–Trinajstić information content (AvgIpc) is 3.29. The van der Waals surface area contributed by atoms with E-state index >= 15 is 0 Å². The highest BCUT2D eigenvalue weighted by molar-refractivity contribution is 7.99. The molecule has 8 nitrogen and oxygen atoms in total. The lowest BCUT2D eigenvalue weighted by atomic mass is 10.1. The molecule has 2 amide bonds. The van der Waals surface area contributed by atoms with Crippen LogP contribution >= 0.6 is 11.8 Å². The lowest BCUT2D eigenvalue weighted by Gasteiger charge is -2.11. The Labute approximate surface area is 186 Å². The first kappa shape index (κ1) is 21.2. The van der Waals surface area contributed by atoms with E-state index in [0.29, 0.717) is 16.5 Å². The van der Waals surface area contributed by atoms with Crippen LogP contribution in [-0.2, 0) is 4.79 Å². The second-order valence-electron chi connectivity index (χ2n) is 6.55. The number of benzene rings is 3. The molecule has 0 saturated carbocycles. The number of aromatic nitrogens is 4.